The molecule has 1 aromatic heterocycles. The second-order valence-electron chi connectivity index (χ2n) is 4.31. The van der Waals surface area contributed by atoms with Gasteiger partial charge in [-0.1, -0.05) is 0 Å². The number of thiazole rings is 1. The summed E-state index contributed by atoms with van der Waals surface area (Å²) in [5.74, 6) is 0.601. The van der Waals surface area contributed by atoms with Crippen LogP contribution in [0.15, 0.2) is 28.5 Å². The van der Waals surface area contributed by atoms with Crippen LogP contribution < -0.4 is 15.2 Å². The molecule has 2 rings (SSSR count). The van der Waals surface area contributed by atoms with Crippen LogP contribution in [0.2, 0.25) is 0 Å². The fourth-order valence-corrected chi connectivity index (χ4v) is 3.74. The van der Waals surface area contributed by atoms with Gasteiger partial charge in [0, 0.05) is 17.5 Å². The van der Waals surface area contributed by atoms with Gasteiger partial charge in [-0.25, -0.2) is 13.4 Å². The number of nitrogens with one attached hydrogen (secondary N) is 1. The van der Waals surface area contributed by atoms with Crippen LogP contribution in [0.25, 0.3) is 0 Å². The number of hydrogen-bond donors (Lipinski definition) is 2. The van der Waals surface area contributed by atoms with Crippen molar-refractivity contribution in [3.8, 4) is 5.75 Å². The number of nitrogens with zero attached hydrogens (tertiary/aromatic N) is 1. The average Bonchev–Trinajstić information content (AvgIpc) is 2.84. The maximum absolute atomic E-state index is 12.3. The van der Waals surface area contributed by atoms with Crippen molar-refractivity contribution < 1.29 is 13.2 Å². The lowest BCUT2D eigenvalue weighted by Gasteiger charge is -2.11. The van der Waals surface area contributed by atoms with Gasteiger partial charge in [-0.2, -0.15) is 0 Å². The lowest BCUT2D eigenvalue weighted by Crippen LogP contribution is -2.14. The maximum atomic E-state index is 12.3. The zero-order chi connectivity index (χ0) is 15.5. The molecule has 0 atom stereocenters. The first-order valence-electron chi connectivity index (χ1n) is 6.37. The Morgan fingerprint density at radius 1 is 1.43 bits per heavy atom. The van der Waals surface area contributed by atoms with Gasteiger partial charge in [-0.05, 0) is 32.0 Å². The van der Waals surface area contributed by atoms with Crippen molar-refractivity contribution >= 4 is 26.5 Å². The standard InChI is InChI=1S/C13H17N3O3S2/c1-3-19-12-5-4-11(6-10(12)7-14)21(17,18)16-13-15-9(2)8-20-13/h4-6,8H,3,7,14H2,1-2H3,(H,15,16). The van der Waals surface area contributed by atoms with Crippen LogP contribution in [0, 0.1) is 6.92 Å². The van der Waals surface area contributed by atoms with Gasteiger partial charge < -0.3 is 10.5 Å². The quantitative estimate of drug-likeness (QED) is 0.847. The Bertz CT molecular complexity index is 726. The molecular formula is C13H17N3O3S2. The highest BCUT2D eigenvalue weighted by molar-refractivity contribution is 7.93. The van der Waals surface area contributed by atoms with Gasteiger partial charge in [0.05, 0.1) is 17.2 Å². The molecule has 114 valence electrons. The summed E-state index contributed by atoms with van der Waals surface area (Å²) in [6.07, 6.45) is 0. The van der Waals surface area contributed by atoms with Crippen molar-refractivity contribution in [3.05, 3.63) is 34.8 Å². The Morgan fingerprint density at radius 3 is 2.76 bits per heavy atom. The van der Waals surface area contributed by atoms with Crippen LogP contribution in [0.3, 0.4) is 0 Å². The zero-order valence-electron chi connectivity index (χ0n) is 11.8. The van der Waals surface area contributed by atoms with Crippen LogP contribution in [0.5, 0.6) is 5.75 Å². The molecule has 0 amide bonds. The molecule has 0 fully saturated rings. The molecule has 0 saturated carbocycles. The molecule has 1 aromatic carbocycles. The lowest BCUT2D eigenvalue weighted by atomic mass is 10.2. The first kappa shape index (κ1) is 15.7. The Kier molecular flexibility index (Phi) is 4.81. The van der Waals surface area contributed by atoms with Crippen molar-refractivity contribution in [3.63, 3.8) is 0 Å². The molecule has 0 radical (unpaired) electrons. The van der Waals surface area contributed by atoms with Crippen LogP contribution in [0.1, 0.15) is 18.2 Å². The SMILES string of the molecule is CCOc1ccc(S(=O)(=O)Nc2nc(C)cs2)cc1CN. The number of nitrogens with two attached hydrogens (primary N) is 1. The summed E-state index contributed by atoms with van der Waals surface area (Å²) in [5.41, 5.74) is 7.06. The van der Waals surface area contributed by atoms with E-state index in [1.165, 1.54) is 23.5 Å². The number of aromatic nitrogens is 1. The number of benzene rings is 1. The number of rotatable bonds is 6. The van der Waals surface area contributed by atoms with E-state index in [9.17, 15) is 8.42 Å². The summed E-state index contributed by atoms with van der Waals surface area (Å²) in [7, 11) is -3.68. The van der Waals surface area contributed by atoms with Crippen molar-refractivity contribution in [2.24, 2.45) is 5.73 Å². The average molecular weight is 327 g/mol. The molecule has 6 nitrogen and oxygen atoms in total. The first-order valence-corrected chi connectivity index (χ1v) is 8.73. The van der Waals surface area contributed by atoms with Crippen LogP contribution >= 0.6 is 11.3 Å². The van der Waals surface area contributed by atoms with Gasteiger partial charge in [0.1, 0.15) is 5.75 Å². The molecule has 8 heteroatoms. The third-order valence-electron chi connectivity index (χ3n) is 2.70. The number of hydrogen-bond acceptors (Lipinski definition) is 6. The van der Waals surface area contributed by atoms with Gasteiger partial charge in [0.2, 0.25) is 0 Å². The van der Waals surface area contributed by atoms with E-state index in [2.05, 4.69) is 9.71 Å². The van der Waals surface area contributed by atoms with Crippen molar-refractivity contribution in [2.75, 3.05) is 11.3 Å². The third-order valence-corrected chi connectivity index (χ3v) is 5.04. The summed E-state index contributed by atoms with van der Waals surface area (Å²) in [6.45, 7) is 4.36. The largest absolute Gasteiger partial charge is 0.494 e. The first-order chi connectivity index (χ1) is 9.96. The van der Waals surface area contributed by atoms with E-state index in [1.54, 1.807) is 18.4 Å². The molecule has 3 N–H and O–H groups in total. The minimum atomic E-state index is -3.68. The molecule has 0 spiro atoms. The van der Waals surface area contributed by atoms with E-state index in [0.29, 0.717) is 23.1 Å². The maximum Gasteiger partial charge on any atom is 0.263 e. The Hall–Kier alpha value is -1.64. The second kappa shape index (κ2) is 6.42. The Morgan fingerprint density at radius 2 is 2.19 bits per heavy atom. The minimum Gasteiger partial charge on any atom is -0.494 e. The van der Waals surface area contributed by atoms with E-state index in [1.807, 2.05) is 6.92 Å². The monoisotopic (exact) mass is 327 g/mol. The zero-order valence-corrected chi connectivity index (χ0v) is 13.4. The van der Waals surface area contributed by atoms with Crippen LogP contribution in [-0.2, 0) is 16.6 Å². The fourth-order valence-electron chi connectivity index (χ4n) is 1.75. The topological polar surface area (TPSA) is 94.3 Å². The molecule has 0 saturated heterocycles. The Labute approximate surface area is 128 Å². The summed E-state index contributed by atoms with van der Waals surface area (Å²) < 4.78 is 32.5. The van der Waals surface area contributed by atoms with E-state index in [0.717, 1.165) is 5.69 Å². The molecule has 0 aliphatic rings. The highest BCUT2D eigenvalue weighted by Gasteiger charge is 2.17. The van der Waals surface area contributed by atoms with Crippen LogP contribution in [-0.4, -0.2) is 20.0 Å². The molecule has 0 bridgehead atoms. The normalized spacial score (nSPS) is 11.4. The highest BCUT2D eigenvalue weighted by atomic mass is 32.2. The lowest BCUT2D eigenvalue weighted by molar-refractivity contribution is 0.336. The summed E-state index contributed by atoms with van der Waals surface area (Å²) in [5, 5.41) is 2.12. The van der Waals surface area contributed by atoms with Gasteiger partial charge in [0.25, 0.3) is 10.0 Å². The second-order valence-corrected chi connectivity index (χ2v) is 6.85. The number of anilines is 1. The minimum absolute atomic E-state index is 0.138. The van der Waals surface area contributed by atoms with E-state index < -0.39 is 10.0 Å². The number of ether oxygens (including phenoxy) is 1. The number of aryl methyl sites for hydroxylation is 1. The van der Waals surface area contributed by atoms with E-state index in [4.69, 9.17) is 10.5 Å². The van der Waals surface area contributed by atoms with Crippen molar-refractivity contribution in [1.82, 2.24) is 4.98 Å². The van der Waals surface area contributed by atoms with E-state index >= 15 is 0 Å². The highest BCUT2D eigenvalue weighted by Crippen LogP contribution is 2.25. The van der Waals surface area contributed by atoms with Gasteiger partial charge in [0.15, 0.2) is 5.13 Å². The molecule has 21 heavy (non-hydrogen) atoms. The van der Waals surface area contributed by atoms with Gasteiger partial charge >= 0.3 is 0 Å². The molecule has 1 heterocycles. The molecular weight excluding hydrogens is 310 g/mol. The van der Waals surface area contributed by atoms with Gasteiger partial charge in [-0.15, -0.1) is 11.3 Å². The summed E-state index contributed by atoms with van der Waals surface area (Å²) >= 11 is 1.24. The molecule has 0 aliphatic heterocycles. The summed E-state index contributed by atoms with van der Waals surface area (Å²) in [4.78, 5) is 4.23. The van der Waals surface area contributed by atoms with Gasteiger partial charge in [-0.3, -0.25) is 4.72 Å². The molecule has 0 unspecified atom stereocenters. The summed E-state index contributed by atoms with van der Waals surface area (Å²) in [6, 6.07) is 4.63. The Balaban J connectivity index is 2.31. The fraction of sp³-hybridized carbons (Fsp3) is 0.308. The van der Waals surface area contributed by atoms with E-state index in [-0.39, 0.29) is 11.4 Å². The predicted molar refractivity (Wildman–Crippen MR) is 83.2 cm³/mol. The molecule has 0 aliphatic carbocycles. The smallest absolute Gasteiger partial charge is 0.263 e. The van der Waals surface area contributed by atoms with Crippen molar-refractivity contribution in [1.29, 1.82) is 0 Å². The molecule has 2 aromatic rings. The predicted octanol–water partition coefficient (Wildman–Crippen LogP) is 2.11. The number of sulfonamides is 1. The van der Waals surface area contributed by atoms with Crippen LogP contribution in [0.4, 0.5) is 5.13 Å². The third kappa shape index (κ3) is 3.72. The van der Waals surface area contributed by atoms with Crippen molar-refractivity contribution in [2.45, 2.75) is 25.3 Å².